The van der Waals surface area contributed by atoms with Crippen LogP contribution in [0.25, 0.3) is 11.5 Å². The summed E-state index contributed by atoms with van der Waals surface area (Å²) in [6, 6.07) is 19.1. The van der Waals surface area contributed by atoms with Crippen LogP contribution in [0.15, 0.2) is 88.2 Å². The minimum Gasteiger partial charge on any atom is -0.403 e. The summed E-state index contributed by atoms with van der Waals surface area (Å²) in [4.78, 5) is 12.6. The van der Waals surface area contributed by atoms with Gasteiger partial charge in [0.05, 0.1) is 4.90 Å². The molecule has 156 valence electrons. The Bertz CT molecular complexity index is 1320. The monoisotopic (exact) mass is 438 g/mol. The Hall–Kier alpha value is -4.05. The van der Waals surface area contributed by atoms with Crippen molar-refractivity contribution in [3.05, 3.63) is 90.2 Å². The van der Waals surface area contributed by atoms with Gasteiger partial charge in [-0.1, -0.05) is 29.4 Å². The first-order valence-corrected chi connectivity index (χ1v) is 10.5. The summed E-state index contributed by atoms with van der Waals surface area (Å²) < 4.78 is 45.8. The predicted molar refractivity (Wildman–Crippen MR) is 111 cm³/mol. The number of amides is 1. The fourth-order valence-electron chi connectivity index (χ4n) is 2.69. The van der Waals surface area contributed by atoms with E-state index in [2.05, 4.69) is 20.2 Å². The van der Waals surface area contributed by atoms with E-state index in [1.165, 1.54) is 60.7 Å². The van der Waals surface area contributed by atoms with Crippen molar-refractivity contribution < 1.29 is 22.0 Å². The van der Waals surface area contributed by atoms with Gasteiger partial charge in [0.15, 0.2) is 0 Å². The van der Waals surface area contributed by atoms with Gasteiger partial charge in [-0.2, -0.15) is 0 Å². The maximum atomic E-state index is 13.0. The molecule has 3 aromatic carbocycles. The minimum absolute atomic E-state index is 0.101. The van der Waals surface area contributed by atoms with Gasteiger partial charge in [0.25, 0.3) is 15.9 Å². The van der Waals surface area contributed by atoms with E-state index in [-0.39, 0.29) is 28.1 Å². The largest absolute Gasteiger partial charge is 0.403 e. The Kier molecular flexibility index (Phi) is 5.46. The maximum absolute atomic E-state index is 13.0. The molecule has 0 aliphatic heterocycles. The zero-order valence-electron chi connectivity index (χ0n) is 15.8. The Morgan fingerprint density at radius 1 is 0.903 bits per heavy atom. The molecule has 10 heteroatoms. The van der Waals surface area contributed by atoms with Gasteiger partial charge in [-0.15, -0.1) is 5.10 Å². The molecule has 0 radical (unpaired) electrons. The molecule has 0 fully saturated rings. The molecule has 0 spiro atoms. The quantitative estimate of drug-likeness (QED) is 0.471. The van der Waals surface area contributed by atoms with Crippen molar-refractivity contribution in [2.45, 2.75) is 4.90 Å². The first-order chi connectivity index (χ1) is 14.9. The van der Waals surface area contributed by atoms with E-state index < -0.39 is 21.7 Å². The van der Waals surface area contributed by atoms with Gasteiger partial charge >= 0.3 is 6.01 Å². The summed E-state index contributed by atoms with van der Waals surface area (Å²) in [6.07, 6.45) is 0. The number of nitrogens with one attached hydrogen (secondary N) is 2. The van der Waals surface area contributed by atoms with Gasteiger partial charge in [-0.05, 0) is 54.6 Å². The molecule has 1 aromatic heterocycles. The zero-order valence-corrected chi connectivity index (χ0v) is 16.6. The molecule has 0 atom stereocenters. The maximum Gasteiger partial charge on any atom is 0.322 e. The molecular weight excluding hydrogens is 423 g/mol. The van der Waals surface area contributed by atoms with E-state index in [0.717, 1.165) is 0 Å². The molecule has 0 bridgehead atoms. The summed E-state index contributed by atoms with van der Waals surface area (Å²) in [5.74, 6) is -0.866. The fraction of sp³-hybridized carbons (Fsp3) is 0. The number of hydrogen-bond donors (Lipinski definition) is 2. The molecule has 31 heavy (non-hydrogen) atoms. The third-order valence-electron chi connectivity index (χ3n) is 4.17. The number of benzene rings is 3. The van der Waals surface area contributed by atoms with Crippen LogP contribution in [0.3, 0.4) is 0 Å². The lowest BCUT2D eigenvalue weighted by Crippen LogP contribution is -2.15. The standard InChI is InChI=1S/C21H15FN4O4S/c22-16-11-9-14(10-12-16)20-24-25-21(30-20)23-19(27)15-5-4-6-17(13-15)26-31(28,29)18-7-2-1-3-8-18/h1-13,26H,(H,23,25,27). The van der Waals surface area contributed by atoms with E-state index >= 15 is 0 Å². The molecule has 1 amide bonds. The van der Waals surface area contributed by atoms with E-state index in [1.807, 2.05) is 0 Å². The number of carbonyl (C=O) groups excluding carboxylic acids is 1. The van der Waals surface area contributed by atoms with Crippen LogP contribution in [0, 0.1) is 5.82 Å². The molecule has 0 unspecified atom stereocenters. The van der Waals surface area contributed by atoms with Gasteiger partial charge in [-0.3, -0.25) is 14.8 Å². The average Bonchev–Trinajstić information content (AvgIpc) is 3.23. The topological polar surface area (TPSA) is 114 Å². The lowest BCUT2D eigenvalue weighted by molar-refractivity contribution is 0.102. The second-order valence-corrected chi connectivity index (χ2v) is 8.06. The fourth-order valence-corrected chi connectivity index (χ4v) is 3.76. The normalized spacial score (nSPS) is 11.1. The SMILES string of the molecule is O=C(Nc1nnc(-c2ccc(F)cc2)o1)c1cccc(NS(=O)(=O)c2ccccc2)c1. The number of rotatable bonds is 6. The summed E-state index contributed by atoms with van der Waals surface area (Å²) in [7, 11) is -3.79. The van der Waals surface area contributed by atoms with Gasteiger partial charge < -0.3 is 4.42 Å². The highest BCUT2D eigenvalue weighted by atomic mass is 32.2. The lowest BCUT2D eigenvalue weighted by Gasteiger charge is -2.09. The van der Waals surface area contributed by atoms with Crippen molar-refractivity contribution in [1.82, 2.24) is 10.2 Å². The van der Waals surface area contributed by atoms with E-state index in [4.69, 9.17) is 4.42 Å². The van der Waals surface area contributed by atoms with E-state index in [1.54, 1.807) is 18.2 Å². The van der Waals surface area contributed by atoms with Crippen molar-refractivity contribution in [2.24, 2.45) is 0 Å². The summed E-state index contributed by atoms with van der Waals surface area (Å²) >= 11 is 0. The number of sulfonamides is 1. The van der Waals surface area contributed by atoms with Crippen molar-refractivity contribution >= 4 is 27.6 Å². The lowest BCUT2D eigenvalue weighted by atomic mass is 10.2. The molecule has 0 aliphatic carbocycles. The van der Waals surface area contributed by atoms with Gasteiger partial charge in [0, 0.05) is 16.8 Å². The summed E-state index contributed by atoms with van der Waals surface area (Å²) in [6.45, 7) is 0. The molecule has 4 aromatic rings. The number of anilines is 2. The number of hydrogen-bond acceptors (Lipinski definition) is 6. The number of aromatic nitrogens is 2. The van der Waals surface area contributed by atoms with Crippen molar-refractivity contribution in [3.8, 4) is 11.5 Å². The second kappa shape index (κ2) is 8.36. The third kappa shape index (κ3) is 4.75. The smallest absolute Gasteiger partial charge is 0.322 e. The van der Waals surface area contributed by atoms with Crippen molar-refractivity contribution in [3.63, 3.8) is 0 Å². The molecule has 4 rings (SSSR count). The van der Waals surface area contributed by atoms with Crippen LogP contribution >= 0.6 is 0 Å². The Labute approximate surface area is 176 Å². The molecule has 0 saturated carbocycles. The number of carbonyl (C=O) groups is 1. The van der Waals surface area contributed by atoms with E-state index in [9.17, 15) is 17.6 Å². The van der Waals surface area contributed by atoms with Crippen LogP contribution in [0.1, 0.15) is 10.4 Å². The van der Waals surface area contributed by atoms with Crippen LogP contribution in [0.2, 0.25) is 0 Å². The molecule has 8 nitrogen and oxygen atoms in total. The van der Waals surface area contributed by atoms with E-state index in [0.29, 0.717) is 5.56 Å². The van der Waals surface area contributed by atoms with Gasteiger partial charge in [-0.25, -0.2) is 12.8 Å². The van der Waals surface area contributed by atoms with Crippen molar-refractivity contribution in [2.75, 3.05) is 10.0 Å². The van der Waals surface area contributed by atoms with Gasteiger partial charge in [0.1, 0.15) is 5.82 Å². The molecule has 1 heterocycles. The van der Waals surface area contributed by atoms with Crippen LogP contribution in [0.4, 0.5) is 16.1 Å². The Morgan fingerprint density at radius 2 is 1.65 bits per heavy atom. The highest BCUT2D eigenvalue weighted by molar-refractivity contribution is 7.92. The van der Waals surface area contributed by atoms with Crippen LogP contribution in [-0.4, -0.2) is 24.5 Å². The average molecular weight is 438 g/mol. The van der Waals surface area contributed by atoms with Gasteiger partial charge in [0.2, 0.25) is 5.89 Å². The van der Waals surface area contributed by atoms with Crippen LogP contribution in [-0.2, 0) is 10.0 Å². The zero-order chi connectivity index (χ0) is 21.8. The van der Waals surface area contributed by atoms with Crippen LogP contribution < -0.4 is 10.0 Å². The molecular formula is C21H15FN4O4S. The summed E-state index contributed by atoms with van der Waals surface area (Å²) in [5.41, 5.74) is 0.885. The van der Waals surface area contributed by atoms with Crippen LogP contribution in [0.5, 0.6) is 0 Å². The minimum atomic E-state index is -3.79. The molecule has 0 aliphatic rings. The Morgan fingerprint density at radius 3 is 2.39 bits per heavy atom. The summed E-state index contributed by atoms with van der Waals surface area (Å²) in [5, 5.41) is 10.0. The highest BCUT2D eigenvalue weighted by Gasteiger charge is 2.16. The Balaban J connectivity index is 1.48. The second-order valence-electron chi connectivity index (χ2n) is 6.37. The highest BCUT2D eigenvalue weighted by Crippen LogP contribution is 2.21. The third-order valence-corrected chi connectivity index (χ3v) is 5.56. The number of nitrogens with zero attached hydrogens (tertiary/aromatic N) is 2. The molecule has 0 saturated heterocycles. The first-order valence-electron chi connectivity index (χ1n) is 8.99. The first kappa shape index (κ1) is 20.2. The number of halogens is 1. The van der Waals surface area contributed by atoms with Crippen molar-refractivity contribution in [1.29, 1.82) is 0 Å². The molecule has 2 N–H and O–H groups in total. The predicted octanol–water partition coefficient (Wildman–Crippen LogP) is 3.93.